The van der Waals surface area contributed by atoms with E-state index in [2.05, 4.69) is 44.7 Å². The zero-order chi connectivity index (χ0) is 14.1. The quantitative estimate of drug-likeness (QED) is 0.780. The van der Waals surface area contributed by atoms with Gasteiger partial charge in [-0.05, 0) is 64.3 Å². The summed E-state index contributed by atoms with van der Waals surface area (Å²) in [7, 11) is 1.93. The zero-order valence-corrected chi connectivity index (χ0v) is 13.7. The largest absolute Gasteiger partial charge is 0.482 e. The molecule has 6 heteroatoms. The van der Waals surface area contributed by atoms with Gasteiger partial charge < -0.3 is 15.4 Å². The highest BCUT2D eigenvalue weighted by Gasteiger charge is 2.19. The van der Waals surface area contributed by atoms with Crippen LogP contribution in [0.3, 0.4) is 0 Å². The summed E-state index contributed by atoms with van der Waals surface area (Å²) in [5, 5.41) is 8.31. The normalized spacial score (nSPS) is 15.2. The van der Waals surface area contributed by atoms with Crippen molar-refractivity contribution in [3.05, 3.63) is 43.7 Å². The molecule has 1 aromatic heterocycles. The smallest absolute Gasteiger partial charge is 0.262 e. The molecule has 0 bridgehead atoms. The molecule has 0 saturated heterocycles. The first kappa shape index (κ1) is 13.8. The van der Waals surface area contributed by atoms with Crippen molar-refractivity contribution in [1.82, 2.24) is 5.32 Å². The second-order valence-electron chi connectivity index (χ2n) is 4.50. The maximum Gasteiger partial charge on any atom is 0.262 e. The van der Waals surface area contributed by atoms with Crippen LogP contribution in [0.2, 0.25) is 0 Å². The molecule has 1 amide bonds. The molecule has 0 spiro atoms. The number of rotatable bonds is 3. The minimum Gasteiger partial charge on any atom is -0.482 e. The first-order valence-corrected chi connectivity index (χ1v) is 8.11. The lowest BCUT2D eigenvalue weighted by Gasteiger charge is -2.21. The summed E-state index contributed by atoms with van der Waals surface area (Å²) < 4.78 is 6.64. The van der Waals surface area contributed by atoms with Crippen LogP contribution in [0.1, 0.15) is 17.2 Å². The predicted molar refractivity (Wildman–Crippen MR) is 88.5 cm³/mol. The summed E-state index contributed by atoms with van der Waals surface area (Å²) >= 11 is 4.04. The molecule has 4 nitrogen and oxygen atoms in total. The zero-order valence-electron chi connectivity index (χ0n) is 10.8. The number of fused-ring (bicyclic) bond motifs is 1. The van der Waals surface area contributed by atoms with Crippen LogP contribution in [0.15, 0.2) is 29.6 Å². The van der Waals surface area contributed by atoms with E-state index in [1.54, 1.807) is 11.3 Å². The third-order valence-corrected chi connectivity index (χ3v) is 4.99. The molecule has 3 rings (SSSR count). The number of anilines is 1. The summed E-state index contributed by atoms with van der Waals surface area (Å²) in [6, 6.07) is 8.19. The van der Waals surface area contributed by atoms with Gasteiger partial charge in [-0.1, -0.05) is 6.07 Å². The van der Waals surface area contributed by atoms with Crippen LogP contribution in [0.25, 0.3) is 0 Å². The number of hydrogen-bond acceptors (Lipinski definition) is 4. The van der Waals surface area contributed by atoms with Crippen molar-refractivity contribution in [2.75, 3.05) is 19.0 Å². The molecule has 2 N–H and O–H groups in total. The standard InChI is InChI=1S/C14H13IN2O2S/c1-16-14(9-5-12(15)20-7-9)8-2-3-11-10(4-8)17-13(18)6-19-11/h2-5,7,14,16H,6H2,1H3,(H,17,18). The van der Waals surface area contributed by atoms with E-state index in [1.165, 1.54) is 8.45 Å². The van der Waals surface area contributed by atoms with Gasteiger partial charge in [0.05, 0.1) is 14.6 Å². The molecule has 104 valence electrons. The van der Waals surface area contributed by atoms with Crippen molar-refractivity contribution >= 4 is 45.5 Å². The fourth-order valence-electron chi connectivity index (χ4n) is 2.28. The fraction of sp³-hybridized carbons (Fsp3) is 0.214. The Bertz CT molecular complexity index is 656. The Kier molecular flexibility index (Phi) is 3.95. The maximum atomic E-state index is 11.4. The lowest BCUT2D eigenvalue weighted by molar-refractivity contribution is -0.118. The number of thiophene rings is 1. The van der Waals surface area contributed by atoms with Crippen LogP contribution in [0, 0.1) is 2.88 Å². The molecular formula is C14H13IN2O2S. The number of amides is 1. The molecule has 0 saturated carbocycles. The van der Waals surface area contributed by atoms with E-state index in [9.17, 15) is 4.79 Å². The first-order chi connectivity index (χ1) is 9.67. The van der Waals surface area contributed by atoms with Crippen LogP contribution < -0.4 is 15.4 Å². The van der Waals surface area contributed by atoms with Gasteiger partial charge in [0.1, 0.15) is 5.75 Å². The van der Waals surface area contributed by atoms with Gasteiger partial charge in [-0.25, -0.2) is 0 Å². The highest BCUT2D eigenvalue weighted by molar-refractivity contribution is 14.1. The fourth-order valence-corrected chi connectivity index (χ4v) is 3.68. The van der Waals surface area contributed by atoms with Crippen molar-refractivity contribution in [1.29, 1.82) is 0 Å². The van der Waals surface area contributed by atoms with Crippen LogP contribution >= 0.6 is 33.9 Å². The average molecular weight is 400 g/mol. The van der Waals surface area contributed by atoms with Gasteiger partial charge in [0.2, 0.25) is 0 Å². The third kappa shape index (κ3) is 2.68. The van der Waals surface area contributed by atoms with Crippen LogP contribution in [0.4, 0.5) is 5.69 Å². The minimum atomic E-state index is -0.110. The number of nitrogens with one attached hydrogen (secondary N) is 2. The average Bonchev–Trinajstić information content (AvgIpc) is 2.85. The van der Waals surface area contributed by atoms with E-state index in [-0.39, 0.29) is 18.6 Å². The van der Waals surface area contributed by atoms with E-state index in [0.717, 1.165) is 17.0 Å². The second kappa shape index (κ2) is 5.71. The number of carbonyl (C=O) groups is 1. The van der Waals surface area contributed by atoms with Crippen molar-refractivity contribution in [2.45, 2.75) is 6.04 Å². The molecule has 1 aliphatic rings. The lowest BCUT2D eigenvalue weighted by Crippen LogP contribution is -2.26. The lowest BCUT2D eigenvalue weighted by atomic mass is 10.0. The first-order valence-electron chi connectivity index (χ1n) is 6.15. The summed E-state index contributed by atoms with van der Waals surface area (Å²) in [6.07, 6.45) is 0. The topological polar surface area (TPSA) is 50.4 Å². The molecule has 2 heterocycles. The Hall–Kier alpha value is -1.12. The molecule has 1 atom stereocenters. The SMILES string of the molecule is CNC(c1csc(I)c1)c1ccc2c(c1)NC(=O)CO2. The van der Waals surface area contributed by atoms with Crippen molar-refractivity contribution in [3.63, 3.8) is 0 Å². The maximum absolute atomic E-state index is 11.4. The van der Waals surface area contributed by atoms with Crippen molar-refractivity contribution in [2.24, 2.45) is 0 Å². The molecule has 1 unspecified atom stereocenters. The minimum absolute atomic E-state index is 0.0878. The number of halogens is 1. The molecule has 0 fully saturated rings. The Morgan fingerprint density at radius 3 is 2.95 bits per heavy atom. The predicted octanol–water partition coefficient (Wildman–Crippen LogP) is 2.99. The molecule has 1 aromatic carbocycles. The number of carbonyl (C=O) groups excluding carboxylic acids is 1. The highest BCUT2D eigenvalue weighted by Crippen LogP contribution is 2.33. The number of hydrogen-bond donors (Lipinski definition) is 2. The number of ether oxygens (including phenoxy) is 1. The van der Waals surface area contributed by atoms with Crippen LogP contribution in [-0.4, -0.2) is 19.6 Å². The molecule has 1 aliphatic heterocycles. The molecular weight excluding hydrogens is 387 g/mol. The van der Waals surface area contributed by atoms with Gasteiger partial charge in [0, 0.05) is 0 Å². The molecule has 0 radical (unpaired) electrons. The van der Waals surface area contributed by atoms with E-state index >= 15 is 0 Å². The Balaban J connectivity index is 1.96. The van der Waals surface area contributed by atoms with E-state index < -0.39 is 0 Å². The van der Waals surface area contributed by atoms with Crippen molar-refractivity contribution in [3.8, 4) is 5.75 Å². The molecule has 2 aromatic rings. The van der Waals surface area contributed by atoms with Gasteiger partial charge in [-0.15, -0.1) is 11.3 Å². The van der Waals surface area contributed by atoms with Gasteiger partial charge in [-0.2, -0.15) is 0 Å². The van der Waals surface area contributed by atoms with Gasteiger partial charge in [0.25, 0.3) is 5.91 Å². The van der Waals surface area contributed by atoms with E-state index in [0.29, 0.717) is 0 Å². The highest BCUT2D eigenvalue weighted by atomic mass is 127. The monoisotopic (exact) mass is 400 g/mol. The van der Waals surface area contributed by atoms with E-state index in [4.69, 9.17) is 4.74 Å². The van der Waals surface area contributed by atoms with Gasteiger partial charge in [-0.3, -0.25) is 4.79 Å². The third-order valence-electron chi connectivity index (χ3n) is 3.18. The summed E-state index contributed by atoms with van der Waals surface area (Å²) in [5.74, 6) is 0.615. The molecule has 20 heavy (non-hydrogen) atoms. The summed E-state index contributed by atoms with van der Waals surface area (Å²) in [4.78, 5) is 11.4. The Morgan fingerprint density at radius 1 is 1.40 bits per heavy atom. The summed E-state index contributed by atoms with van der Waals surface area (Å²) in [5.41, 5.74) is 3.07. The van der Waals surface area contributed by atoms with E-state index in [1.807, 2.05) is 25.2 Å². The Morgan fingerprint density at radius 2 is 2.25 bits per heavy atom. The van der Waals surface area contributed by atoms with Crippen molar-refractivity contribution < 1.29 is 9.53 Å². The van der Waals surface area contributed by atoms with Gasteiger partial charge in [0.15, 0.2) is 6.61 Å². The summed E-state index contributed by atoms with van der Waals surface area (Å²) in [6.45, 7) is 0.0878. The number of benzene rings is 1. The molecule has 0 aliphatic carbocycles. The van der Waals surface area contributed by atoms with Crippen LogP contribution in [0.5, 0.6) is 5.75 Å². The second-order valence-corrected chi connectivity index (χ2v) is 7.30. The Labute approximate surface area is 134 Å². The van der Waals surface area contributed by atoms with Gasteiger partial charge >= 0.3 is 0 Å². The van der Waals surface area contributed by atoms with Crippen LogP contribution in [-0.2, 0) is 4.79 Å².